The van der Waals surface area contributed by atoms with Crippen molar-refractivity contribution < 1.29 is 19.4 Å². The number of nitrogens with one attached hydrogen (secondary N) is 1. The Morgan fingerprint density at radius 3 is 2.29 bits per heavy atom. The molecule has 0 unspecified atom stereocenters. The van der Waals surface area contributed by atoms with Gasteiger partial charge in [0.25, 0.3) is 0 Å². The van der Waals surface area contributed by atoms with Gasteiger partial charge in [0.2, 0.25) is 0 Å². The zero-order valence-corrected chi connectivity index (χ0v) is 9.30. The molecule has 1 amide bonds. The van der Waals surface area contributed by atoms with Crippen LogP contribution in [0.15, 0.2) is 0 Å². The van der Waals surface area contributed by atoms with Gasteiger partial charge in [0, 0.05) is 5.75 Å². The fraction of sp³-hybridized carbons (Fsp3) is 0.750. The quantitative estimate of drug-likeness (QED) is 0.619. The van der Waals surface area contributed by atoms with E-state index in [0.29, 0.717) is 0 Å². The summed E-state index contributed by atoms with van der Waals surface area (Å²) in [5, 5.41) is 10.8. The van der Waals surface area contributed by atoms with E-state index in [2.05, 4.69) is 17.9 Å². The molecule has 0 aromatic heterocycles. The van der Waals surface area contributed by atoms with Crippen LogP contribution in [0.5, 0.6) is 0 Å². The summed E-state index contributed by atoms with van der Waals surface area (Å²) in [6, 6.07) is -1.02. The monoisotopic (exact) mass is 221 g/mol. The van der Waals surface area contributed by atoms with Crippen molar-refractivity contribution in [1.29, 1.82) is 0 Å². The molecule has 0 aliphatic rings. The first-order chi connectivity index (χ1) is 6.26. The van der Waals surface area contributed by atoms with Crippen LogP contribution in [0.1, 0.15) is 20.8 Å². The third-order valence-corrected chi connectivity index (χ3v) is 1.54. The minimum absolute atomic E-state index is 0.0224. The molecule has 0 fully saturated rings. The van der Waals surface area contributed by atoms with Crippen LogP contribution in [0.3, 0.4) is 0 Å². The topological polar surface area (TPSA) is 75.6 Å². The van der Waals surface area contributed by atoms with Crippen LogP contribution in [0.25, 0.3) is 0 Å². The number of hydrogen-bond acceptors (Lipinski definition) is 4. The third kappa shape index (κ3) is 5.69. The van der Waals surface area contributed by atoms with Gasteiger partial charge in [0.1, 0.15) is 11.6 Å². The molecule has 0 heterocycles. The summed E-state index contributed by atoms with van der Waals surface area (Å²) in [6.45, 7) is 5.09. The number of hydrogen-bond donors (Lipinski definition) is 3. The van der Waals surface area contributed by atoms with Gasteiger partial charge in [0.15, 0.2) is 0 Å². The average Bonchev–Trinajstić information content (AvgIpc) is 1.96. The minimum Gasteiger partial charge on any atom is -0.480 e. The van der Waals surface area contributed by atoms with Gasteiger partial charge in [0.05, 0.1) is 0 Å². The molecule has 6 heteroatoms. The molecule has 0 aromatic carbocycles. The molecule has 0 bridgehead atoms. The second-order valence-electron chi connectivity index (χ2n) is 3.72. The van der Waals surface area contributed by atoms with Crippen molar-refractivity contribution >= 4 is 24.7 Å². The summed E-state index contributed by atoms with van der Waals surface area (Å²) < 4.78 is 4.87. The molecule has 0 aliphatic carbocycles. The fourth-order valence-corrected chi connectivity index (χ4v) is 0.883. The standard InChI is InChI=1S/C8H15NO4S/c1-8(2,3)13-7(12)9-5(4-14)6(10)11/h5,14H,4H2,1-3H3,(H,9,12)(H,10,11)/t5-/m0/s1. The lowest BCUT2D eigenvalue weighted by molar-refractivity contribution is -0.138. The zero-order chi connectivity index (χ0) is 11.4. The summed E-state index contributed by atoms with van der Waals surface area (Å²) in [4.78, 5) is 21.6. The van der Waals surface area contributed by atoms with Crippen molar-refractivity contribution in [2.45, 2.75) is 32.4 Å². The maximum absolute atomic E-state index is 11.1. The number of aliphatic carboxylic acids is 1. The largest absolute Gasteiger partial charge is 0.480 e. The lowest BCUT2D eigenvalue weighted by atomic mass is 10.2. The van der Waals surface area contributed by atoms with Crippen LogP contribution in [0.4, 0.5) is 4.79 Å². The molecule has 82 valence electrons. The Balaban J connectivity index is 4.11. The van der Waals surface area contributed by atoms with E-state index in [1.165, 1.54) is 0 Å². The minimum atomic E-state index is -1.13. The Kier molecular flexibility index (Phi) is 4.76. The summed E-state index contributed by atoms with van der Waals surface area (Å²) in [6.07, 6.45) is -0.751. The van der Waals surface area contributed by atoms with Gasteiger partial charge < -0.3 is 15.2 Å². The number of carboxylic acids is 1. The lowest BCUT2D eigenvalue weighted by Gasteiger charge is -2.21. The van der Waals surface area contributed by atoms with E-state index >= 15 is 0 Å². The van der Waals surface area contributed by atoms with E-state index in [1.54, 1.807) is 20.8 Å². The van der Waals surface area contributed by atoms with Gasteiger partial charge in [-0.25, -0.2) is 9.59 Å². The molecule has 2 N–H and O–H groups in total. The van der Waals surface area contributed by atoms with Crippen LogP contribution in [0.2, 0.25) is 0 Å². The maximum atomic E-state index is 11.1. The van der Waals surface area contributed by atoms with Gasteiger partial charge in [-0.1, -0.05) is 0 Å². The number of carbonyl (C=O) groups is 2. The highest BCUT2D eigenvalue weighted by molar-refractivity contribution is 7.80. The second kappa shape index (κ2) is 5.09. The Morgan fingerprint density at radius 1 is 1.50 bits per heavy atom. The van der Waals surface area contributed by atoms with Gasteiger partial charge in [-0.3, -0.25) is 0 Å². The number of alkyl carbamates (subject to hydrolysis) is 1. The Bertz CT molecular complexity index is 224. The summed E-state index contributed by atoms with van der Waals surface area (Å²) in [7, 11) is 0. The molecule has 0 rings (SSSR count). The van der Waals surface area contributed by atoms with E-state index in [0.717, 1.165) is 0 Å². The molecule has 14 heavy (non-hydrogen) atoms. The van der Waals surface area contributed by atoms with Crippen LogP contribution in [0, 0.1) is 0 Å². The summed E-state index contributed by atoms with van der Waals surface area (Å²) in [5.41, 5.74) is -0.635. The SMILES string of the molecule is CC(C)(C)OC(=O)N[C@@H](CS)C(=O)O. The second-order valence-corrected chi connectivity index (χ2v) is 4.08. The Labute approximate surface area is 88.2 Å². The van der Waals surface area contributed by atoms with Crippen molar-refractivity contribution in [3.8, 4) is 0 Å². The summed E-state index contributed by atoms with van der Waals surface area (Å²) >= 11 is 3.79. The predicted molar refractivity (Wildman–Crippen MR) is 54.6 cm³/mol. The lowest BCUT2D eigenvalue weighted by Crippen LogP contribution is -2.44. The van der Waals surface area contributed by atoms with Crippen molar-refractivity contribution in [3.63, 3.8) is 0 Å². The van der Waals surface area contributed by atoms with E-state index in [4.69, 9.17) is 9.84 Å². The first-order valence-corrected chi connectivity index (χ1v) is 4.72. The molecule has 0 aromatic rings. The van der Waals surface area contributed by atoms with E-state index in [1.807, 2.05) is 0 Å². The molecular weight excluding hydrogens is 206 g/mol. The van der Waals surface area contributed by atoms with Gasteiger partial charge in [-0.15, -0.1) is 0 Å². The molecular formula is C8H15NO4S. The van der Waals surface area contributed by atoms with Crippen molar-refractivity contribution in [2.24, 2.45) is 0 Å². The van der Waals surface area contributed by atoms with E-state index in [9.17, 15) is 9.59 Å². The Morgan fingerprint density at radius 2 is 2.00 bits per heavy atom. The maximum Gasteiger partial charge on any atom is 0.408 e. The summed E-state index contributed by atoms with van der Waals surface area (Å²) in [5.74, 6) is -1.11. The van der Waals surface area contributed by atoms with Gasteiger partial charge in [-0.2, -0.15) is 12.6 Å². The van der Waals surface area contributed by atoms with E-state index < -0.39 is 23.7 Å². The average molecular weight is 221 g/mol. The van der Waals surface area contributed by atoms with Crippen molar-refractivity contribution in [3.05, 3.63) is 0 Å². The van der Waals surface area contributed by atoms with Gasteiger partial charge >= 0.3 is 12.1 Å². The van der Waals surface area contributed by atoms with Crippen molar-refractivity contribution in [1.82, 2.24) is 5.32 Å². The molecule has 1 atom stereocenters. The number of carbonyl (C=O) groups excluding carboxylic acids is 1. The molecule has 0 aliphatic heterocycles. The molecule has 0 radical (unpaired) electrons. The highest BCUT2D eigenvalue weighted by Gasteiger charge is 2.22. The normalized spacial score (nSPS) is 13.1. The number of thiol groups is 1. The highest BCUT2D eigenvalue weighted by atomic mass is 32.1. The number of rotatable bonds is 3. The molecule has 5 nitrogen and oxygen atoms in total. The first-order valence-electron chi connectivity index (χ1n) is 4.09. The zero-order valence-electron chi connectivity index (χ0n) is 8.40. The molecule has 0 spiro atoms. The first kappa shape index (κ1) is 13.1. The number of amides is 1. The van der Waals surface area contributed by atoms with Crippen molar-refractivity contribution in [2.75, 3.05) is 5.75 Å². The van der Waals surface area contributed by atoms with Crippen LogP contribution >= 0.6 is 12.6 Å². The fourth-order valence-electron chi connectivity index (χ4n) is 0.635. The predicted octanol–water partition coefficient (Wildman–Crippen LogP) is 0.894. The number of ether oxygens (including phenoxy) is 1. The molecule has 0 saturated heterocycles. The van der Waals surface area contributed by atoms with E-state index in [-0.39, 0.29) is 5.75 Å². The molecule has 0 saturated carbocycles. The van der Waals surface area contributed by atoms with Gasteiger partial charge in [-0.05, 0) is 20.8 Å². The Hall–Kier alpha value is -0.910. The van der Waals surface area contributed by atoms with Crippen LogP contribution in [-0.4, -0.2) is 34.6 Å². The van der Waals surface area contributed by atoms with Crippen LogP contribution in [-0.2, 0) is 9.53 Å². The van der Waals surface area contributed by atoms with Crippen LogP contribution < -0.4 is 5.32 Å². The third-order valence-electron chi connectivity index (χ3n) is 1.17. The number of carboxylic acid groups (broad SMARTS) is 1. The smallest absolute Gasteiger partial charge is 0.408 e. The highest BCUT2D eigenvalue weighted by Crippen LogP contribution is 2.06.